The zero-order chi connectivity index (χ0) is 19.2. The van der Waals surface area contributed by atoms with Crippen molar-refractivity contribution in [2.24, 2.45) is 0 Å². The minimum Gasteiger partial charge on any atom is -0.393 e. The molecule has 3 N–H and O–H groups in total. The number of carbonyl (C=O) groups is 1. The van der Waals surface area contributed by atoms with Crippen LogP contribution < -0.4 is 10.6 Å². The summed E-state index contributed by atoms with van der Waals surface area (Å²) in [6, 6.07) is 4.31. The number of hydrogen-bond acceptors (Lipinski definition) is 7. The van der Waals surface area contributed by atoms with Crippen LogP contribution in [0.2, 0.25) is 0 Å². The van der Waals surface area contributed by atoms with Crippen LogP contribution >= 0.6 is 0 Å². The minimum absolute atomic E-state index is 0.112. The molecule has 142 valence electrons. The number of rotatable bonds is 6. The third-order valence-corrected chi connectivity index (χ3v) is 4.56. The van der Waals surface area contributed by atoms with E-state index in [1.54, 1.807) is 12.3 Å². The van der Waals surface area contributed by atoms with Crippen LogP contribution in [0.1, 0.15) is 41.7 Å². The van der Waals surface area contributed by atoms with Crippen LogP contribution in [-0.2, 0) is 6.54 Å². The number of hydrogen-bond donors (Lipinski definition) is 3. The van der Waals surface area contributed by atoms with E-state index in [0.29, 0.717) is 24.2 Å². The first-order chi connectivity index (χ1) is 13.0. The van der Waals surface area contributed by atoms with Gasteiger partial charge in [-0.3, -0.25) is 24.9 Å². The van der Waals surface area contributed by atoms with Crippen molar-refractivity contribution in [1.82, 2.24) is 15.3 Å². The van der Waals surface area contributed by atoms with Crippen molar-refractivity contribution in [1.29, 1.82) is 0 Å². The maximum absolute atomic E-state index is 12.6. The quantitative estimate of drug-likeness (QED) is 0.523. The van der Waals surface area contributed by atoms with Gasteiger partial charge in [0.1, 0.15) is 0 Å². The van der Waals surface area contributed by atoms with Crippen molar-refractivity contribution in [3.8, 4) is 0 Å². The van der Waals surface area contributed by atoms with Crippen LogP contribution in [0, 0.1) is 10.1 Å². The fourth-order valence-electron chi connectivity index (χ4n) is 3.09. The maximum atomic E-state index is 12.6. The average Bonchev–Trinajstić information content (AvgIpc) is 2.69. The zero-order valence-corrected chi connectivity index (χ0v) is 14.7. The summed E-state index contributed by atoms with van der Waals surface area (Å²) in [4.78, 5) is 31.2. The Morgan fingerprint density at radius 1 is 1.26 bits per heavy atom. The van der Waals surface area contributed by atoms with Gasteiger partial charge >= 0.3 is 0 Å². The van der Waals surface area contributed by atoms with Gasteiger partial charge in [0, 0.05) is 36.3 Å². The van der Waals surface area contributed by atoms with Crippen molar-refractivity contribution in [2.75, 3.05) is 5.32 Å². The number of aliphatic hydroxyl groups excluding tert-OH is 1. The van der Waals surface area contributed by atoms with E-state index >= 15 is 0 Å². The Labute approximate surface area is 156 Å². The number of nitrogens with one attached hydrogen (secondary N) is 2. The highest BCUT2D eigenvalue weighted by Gasteiger charge is 2.22. The van der Waals surface area contributed by atoms with E-state index < -0.39 is 10.8 Å². The first-order valence-electron chi connectivity index (χ1n) is 8.79. The number of benzene rings is 1. The lowest BCUT2D eigenvalue weighted by Gasteiger charge is -2.27. The van der Waals surface area contributed by atoms with E-state index in [9.17, 15) is 20.0 Å². The molecule has 3 rings (SSSR count). The summed E-state index contributed by atoms with van der Waals surface area (Å²) in [7, 11) is 0. The average molecular weight is 371 g/mol. The van der Waals surface area contributed by atoms with E-state index in [-0.39, 0.29) is 29.9 Å². The van der Waals surface area contributed by atoms with Gasteiger partial charge in [-0.1, -0.05) is 0 Å². The zero-order valence-electron chi connectivity index (χ0n) is 14.7. The summed E-state index contributed by atoms with van der Waals surface area (Å²) >= 11 is 0. The number of nitro benzene ring substituents is 1. The molecule has 9 heteroatoms. The number of aromatic nitrogens is 2. The Morgan fingerprint density at radius 2 is 2.04 bits per heavy atom. The predicted octanol–water partition coefficient (Wildman–Crippen LogP) is 2.03. The normalized spacial score (nSPS) is 19.3. The van der Waals surface area contributed by atoms with Gasteiger partial charge in [-0.05, 0) is 31.7 Å². The van der Waals surface area contributed by atoms with Crippen LogP contribution in [0.3, 0.4) is 0 Å². The number of anilines is 1. The topological polar surface area (TPSA) is 130 Å². The van der Waals surface area contributed by atoms with Gasteiger partial charge in [-0.25, -0.2) is 0 Å². The Bertz CT molecular complexity index is 807. The number of non-ortho nitro benzene ring substituents is 1. The Balaban J connectivity index is 1.76. The van der Waals surface area contributed by atoms with Crippen molar-refractivity contribution >= 4 is 17.3 Å². The maximum Gasteiger partial charge on any atom is 0.270 e. The molecule has 0 saturated heterocycles. The van der Waals surface area contributed by atoms with Crippen molar-refractivity contribution < 1.29 is 14.8 Å². The molecule has 1 saturated carbocycles. The second kappa shape index (κ2) is 8.54. The van der Waals surface area contributed by atoms with Crippen LogP contribution in [0.25, 0.3) is 0 Å². The summed E-state index contributed by atoms with van der Waals surface area (Å²) in [6.07, 6.45) is 7.26. The third kappa shape index (κ3) is 4.98. The molecule has 1 fully saturated rings. The van der Waals surface area contributed by atoms with Gasteiger partial charge in [0.05, 0.1) is 35.0 Å². The van der Waals surface area contributed by atoms with E-state index in [1.165, 1.54) is 24.5 Å². The lowest BCUT2D eigenvalue weighted by molar-refractivity contribution is -0.384. The standard InChI is InChI=1S/C18H21N5O4/c24-15-4-1-12(2-5-15)22-17-6-3-14(23(26)27)9-16(17)18(25)21-11-13-10-19-7-8-20-13/h3,6-10,12,15,22,24H,1-2,4-5,11H2,(H,21,25). The molecule has 1 aliphatic carbocycles. The van der Waals surface area contributed by atoms with Gasteiger partial charge in [-0.15, -0.1) is 0 Å². The highest BCUT2D eigenvalue weighted by atomic mass is 16.6. The number of nitrogens with zero attached hydrogens (tertiary/aromatic N) is 3. The molecule has 2 aromatic rings. The van der Waals surface area contributed by atoms with Crippen LogP contribution in [-0.4, -0.2) is 38.1 Å². The smallest absolute Gasteiger partial charge is 0.270 e. The lowest BCUT2D eigenvalue weighted by atomic mass is 9.92. The summed E-state index contributed by atoms with van der Waals surface area (Å²) in [5.41, 5.74) is 1.19. The molecular formula is C18H21N5O4. The van der Waals surface area contributed by atoms with Crippen molar-refractivity contribution in [3.63, 3.8) is 0 Å². The SMILES string of the molecule is O=C(NCc1cnccn1)c1cc([N+](=O)[O-])ccc1NC1CCC(O)CC1. The van der Waals surface area contributed by atoms with Gasteiger partial charge < -0.3 is 15.7 Å². The molecule has 0 unspecified atom stereocenters. The highest BCUT2D eigenvalue weighted by Crippen LogP contribution is 2.27. The van der Waals surface area contributed by atoms with Gasteiger partial charge in [0.25, 0.3) is 11.6 Å². The molecule has 27 heavy (non-hydrogen) atoms. The Hall–Kier alpha value is -3.07. The first kappa shape index (κ1) is 18.7. The number of carbonyl (C=O) groups excluding carboxylic acids is 1. The molecule has 1 heterocycles. The number of nitro groups is 1. The molecule has 1 aromatic heterocycles. The lowest BCUT2D eigenvalue weighted by Crippen LogP contribution is -2.30. The summed E-state index contributed by atoms with van der Waals surface area (Å²) in [6.45, 7) is 0.171. The first-order valence-corrected chi connectivity index (χ1v) is 8.79. The van der Waals surface area contributed by atoms with E-state index in [0.717, 1.165) is 12.8 Å². The summed E-state index contributed by atoms with van der Waals surface area (Å²) < 4.78 is 0. The van der Waals surface area contributed by atoms with Crippen LogP contribution in [0.5, 0.6) is 0 Å². The number of aliphatic hydroxyl groups is 1. The second-order valence-corrected chi connectivity index (χ2v) is 6.52. The molecule has 0 spiro atoms. The molecule has 9 nitrogen and oxygen atoms in total. The molecule has 1 aliphatic rings. The highest BCUT2D eigenvalue weighted by molar-refractivity contribution is 6.00. The molecule has 0 aliphatic heterocycles. The fraction of sp³-hybridized carbons (Fsp3) is 0.389. The molecular weight excluding hydrogens is 350 g/mol. The van der Waals surface area contributed by atoms with E-state index in [2.05, 4.69) is 20.6 Å². The minimum atomic E-state index is -0.528. The molecule has 1 aromatic carbocycles. The van der Waals surface area contributed by atoms with Gasteiger partial charge in [0.2, 0.25) is 0 Å². The Morgan fingerprint density at radius 3 is 2.70 bits per heavy atom. The van der Waals surface area contributed by atoms with E-state index in [4.69, 9.17) is 0 Å². The Kier molecular flexibility index (Phi) is 5.92. The molecule has 0 bridgehead atoms. The van der Waals surface area contributed by atoms with Crippen LogP contribution in [0.4, 0.5) is 11.4 Å². The second-order valence-electron chi connectivity index (χ2n) is 6.52. The monoisotopic (exact) mass is 371 g/mol. The molecule has 0 radical (unpaired) electrons. The fourth-order valence-corrected chi connectivity index (χ4v) is 3.09. The van der Waals surface area contributed by atoms with E-state index in [1.807, 2.05) is 0 Å². The third-order valence-electron chi connectivity index (χ3n) is 4.56. The molecule has 0 atom stereocenters. The van der Waals surface area contributed by atoms with Crippen molar-refractivity contribution in [3.05, 3.63) is 58.2 Å². The van der Waals surface area contributed by atoms with Gasteiger partial charge in [-0.2, -0.15) is 0 Å². The molecule has 1 amide bonds. The summed E-state index contributed by atoms with van der Waals surface area (Å²) in [5, 5.41) is 26.7. The van der Waals surface area contributed by atoms with Gasteiger partial charge in [0.15, 0.2) is 0 Å². The number of amides is 1. The largest absolute Gasteiger partial charge is 0.393 e. The summed E-state index contributed by atoms with van der Waals surface area (Å²) in [5.74, 6) is -0.428. The van der Waals surface area contributed by atoms with Crippen LogP contribution in [0.15, 0.2) is 36.8 Å². The predicted molar refractivity (Wildman–Crippen MR) is 98.2 cm³/mol. The van der Waals surface area contributed by atoms with Crippen molar-refractivity contribution in [2.45, 2.75) is 44.4 Å².